The van der Waals surface area contributed by atoms with Gasteiger partial charge in [-0.1, -0.05) is 12.8 Å². The molecule has 0 saturated carbocycles. The Balaban J connectivity index is 3.68. The molecule has 4 nitrogen and oxygen atoms in total. The minimum Gasteiger partial charge on any atom is -0.256 e. The number of hydrogen-bond donors (Lipinski definition) is 2. The summed E-state index contributed by atoms with van der Waals surface area (Å²) in [5, 5.41) is 0. The molecule has 0 heterocycles. The Morgan fingerprint density at radius 1 is 1.58 bits per heavy atom. The lowest BCUT2D eigenvalue weighted by Gasteiger charge is -2.14. The fraction of sp³-hybridized carbons (Fsp3) is 1.00. The Hall–Kier alpha value is 0.220. The average molecular weight is 212 g/mol. The minimum atomic E-state index is -3.06. The van der Waals surface area contributed by atoms with Crippen LogP contribution in [0.2, 0.25) is 0 Å². The van der Waals surface area contributed by atoms with Gasteiger partial charge >= 0.3 is 0 Å². The van der Waals surface area contributed by atoms with Gasteiger partial charge < -0.3 is 0 Å². The molecule has 0 spiro atoms. The lowest BCUT2D eigenvalue weighted by Crippen LogP contribution is -2.33. The molecule has 0 aliphatic carbocycles. The SMILES string of the molecule is CC(CCN(C)S)NS(C)(=O)=O. The highest BCUT2D eigenvalue weighted by molar-refractivity contribution is 7.88. The summed E-state index contributed by atoms with van der Waals surface area (Å²) in [7, 11) is -1.24. The minimum absolute atomic E-state index is 0.0328. The first kappa shape index (κ1) is 12.2. The molecule has 1 unspecified atom stereocenters. The van der Waals surface area contributed by atoms with Gasteiger partial charge in [-0.15, -0.1) is 0 Å². The molecule has 6 heteroatoms. The van der Waals surface area contributed by atoms with E-state index in [1.165, 1.54) is 0 Å². The summed E-state index contributed by atoms with van der Waals surface area (Å²) in [4.78, 5) is 0. The van der Waals surface area contributed by atoms with Crippen molar-refractivity contribution in [2.45, 2.75) is 19.4 Å². The van der Waals surface area contributed by atoms with Crippen LogP contribution in [0.5, 0.6) is 0 Å². The molecule has 0 aromatic rings. The molecular formula is C6H16N2O2S2. The first-order valence-corrected chi connectivity index (χ1v) is 5.97. The summed E-state index contributed by atoms with van der Waals surface area (Å²) in [6.45, 7) is 2.59. The fourth-order valence-corrected chi connectivity index (χ4v) is 1.77. The van der Waals surface area contributed by atoms with E-state index in [4.69, 9.17) is 0 Å². The second kappa shape index (κ2) is 5.06. The van der Waals surface area contributed by atoms with Gasteiger partial charge in [0.1, 0.15) is 0 Å². The zero-order valence-corrected chi connectivity index (χ0v) is 9.32. The van der Waals surface area contributed by atoms with Gasteiger partial charge in [0.05, 0.1) is 6.26 Å². The fourth-order valence-electron chi connectivity index (χ4n) is 0.805. The third kappa shape index (κ3) is 8.32. The van der Waals surface area contributed by atoms with Gasteiger partial charge in [0.25, 0.3) is 0 Å². The van der Waals surface area contributed by atoms with Crippen LogP contribution >= 0.6 is 12.8 Å². The highest BCUT2D eigenvalue weighted by Gasteiger charge is 2.08. The van der Waals surface area contributed by atoms with Crippen LogP contribution in [-0.4, -0.2) is 38.6 Å². The van der Waals surface area contributed by atoms with Gasteiger partial charge in [-0.3, -0.25) is 4.31 Å². The average Bonchev–Trinajstić information content (AvgIpc) is 1.79. The summed E-state index contributed by atoms with van der Waals surface area (Å²) in [6.07, 6.45) is 1.92. The van der Waals surface area contributed by atoms with E-state index >= 15 is 0 Å². The number of nitrogens with zero attached hydrogens (tertiary/aromatic N) is 1. The molecule has 0 radical (unpaired) electrons. The molecule has 12 heavy (non-hydrogen) atoms. The zero-order chi connectivity index (χ0) is 9.78. The van der Waals surface area contributed by atoms with Crippen molar-refractivity contribution >= 4 is 22.8 Å². The van der Waals surface area contributed by atoms with Crippen molar-refractivity contribution < 1.29 is 8.42 Å². The van der Waals surface area contributed by atoms with Gasteiger partial charge in [-0.05, 0) is 20.4 Å². The van der Waals surface area contributed by atoms with Gasteiger partial charge in [0.2, 0.25) is 10.0 Å². The Bertz CT molecular complexity index is 214. The molecule has 1 atom stereocenters. The van der Waals surface area contributed by atoms with E-state index in [1.54, 1.807) is 4.31 Å². The lowest BCUT2D eigenvalue weighted by molar-refractivity contribution is 0.487. The monoisotopic (exact) mass is 212 g/mol. The van der Waals surface area contributed by atoms with Crippen molar-refractivity contribution in [3.8, 4) is 0 Å². The topological polar surface area (TPSA) is 49.4 Å². The highest BCUT2D eigenvalue weighted by Crippen LogP contribution is 1.96. The normalized spacial score (nSPS) is 15.1. The van der Waals surface area contributed by atoms with Crippen LogP contribution in [0, 0.1) is 0 Å². The number of rotatable bonds is 5. The molecular weight excluding hydrogens is 196 g/mol. The Kier molecular flexibility index (Phi) is 5.15. The van der Waals surface area contributed by atoms with Crippen molar-refractivity contribution in [2.24, 2.45) is 0 Å². The number of sulfonamides is 1. The van der Waals surface area contributed by atoms with Gasteiger partial charge in [0, 0.05) is 12.6 Å². The van der Waals surface area contributed by atoms with E-state index in [9.17, 15) is 8.42 Å². The molecule has 0 amide bonds. The van der Waals surface area contributed by atoms with Crippen LogP contribution < -0.4 is 4.72 Å². The van der Waals surface area contributed by atoms with Gasteiger partial charge in [0.15, 0.2) is 0 Å². The Labute approximate surface area is 79.9 Å². The number of nitrogens with one attached hydrogen (secondary N) is 1. The predicted octanol–water partition coefficient (Wildman–Crippen LogP) is 0.0908. The summed E-state index contributed by atoms with van der Waals surface area (Å²) in [5.41, 5.74) is 0. The zero-order valence-electron chi connectivity index (χ0n) is 7.61. The summed E-state index contributed by atoms with van der Waals surface area (Å²) in [6, 6.07) is -0.0328. The second-order valence-electron chi connectivity index (χ2n) is 2.96. The van der Waals surface area contributed by atoms with Crippen LogP contribution in [-0.2, 0) is 10.0 Å². The maximum Gasteiger partial charge on any atom is 0.208 e. The second-order valence-corrected chi connectivity index (χ2v) is 5.42. The molecule has 0 saturated heterocycles. The van der Waals surface area contributed by atoms with Crippen molar-refractivity contribution in [3.63, 3.8) is 0 Å². The Morgan fingerprint density at radius 2 is 2.08 bits per heavy atom. The summed E-state index contributed by atoms with van der Waals surface area (Å²) < 4.78 is 25.7. The molecule has 0 fully saturated rings. The molecule has 0 aliphatic heterocycles. The maximum atomic E-state index is 10.7. The third-order valence-corrected chi connectivity index (χ3v) is 2.33. The van der Waals surface area contributed by atoms with Crippen LogP contribution in [0.1, 0.15) is 13.3 Å². The quantitative estimate of drug-likeness (QED) is 0.635. The maximum absolute atomic E-state index is 10.7. The van der Waals surface area contributed by atoms with E-state index in [-0.39, 0.29) is 6.04 Å². The standard InChI is InChI=1S/C6H16N2O2S2/c1-6(4-5-8(2)11)7-12(3,9)10/h6-7,11H,4-5H2,1-3H3. The van der Waals surface area contributed by atoms with Crippen molar-refractivity contribution in [2.75, 3.05) is 19.8 Å². The molecule has 0 aliphatic rings. The lowest BCUT2D eigenvalue weighted by atomic mass is 10.2. The van der Waals surface area contributed by atoms with E-state index in [1.807, 2.05) is 14.0 Å². The molecule has 0 rings (SSSR count). The molecule has 1 N–H and O–H groups in total. The summed E-state index contributed by atoms with van der Waals surface area (Å²) in [5.74, 6) is 0. The molecule has 0 bridgehead atoms. The summed E-state index contributed by atoms with van der Waals surface area (Å²) >= 11 is 4.04. The first-order valence-electron chi connectivity index (χ1n) is 3.68. The number of thiol groups is 1. The van der Waals surface area contributed by atoms with E-state index in [2.05, 4.69) is 17.5 Å². The van der Waals surface area contributed by atoms with Crippen molar-refractivity contribution in [1.82, 2.24) is 9.03 Å². The van der Waals surface area contributed by atoms with Crippen molar-refractivity contribution in [3.05, 3.63) is 0 Å². The molecule has 74 valence electrons. The molecule has 0 aromatic heterocycles. The van der Waals surface area contributed by atoms with Crippen LogP contribution in [0.25, 0.3) is 0 Å². The van der Waals surface area contributed by atoms with Crippen LogP contribution in [0.4, 0.5) is 0 Å². The predicted molar refractivity (Wildman–Crippen MR) is 53.7 cm³/mol. The van der Waals surface area contributed by atoms with E-state index < -0.39 is 10.0 Å². The van der Waals surface area contributed by atoms with Crippen molar-refractivity contribution in [1.29, 1.82) is 0 Å². The van der Waals surface area contributed by atoms with Gasteiger partial charge in [-0.2, -0.15) is 0 Å². The third-order valence-electron chi connectivity index (χ3n) is 1.30. The van der Waals surface area contributed by atoms with Crippen LogP contribution in [0.3, 0.4) is 0 Å². The largest absolute Gasteiger partial charge is 0.256 e. The Morgan fingerprint density at radius 3 is 2.42 bits per heavy atom. The van der Waals surface area contributed by atoms with E-state index in [0.29, 0.717) is 0 Å². The van der Waals surface area contributed by atoms with Gasteiger partial charge in [-0.25, -0.2) is 13.1 Å². The van der Waals surface area contributed by atoms with Crippen LogP contribution in [0.15, 0.2) is 0 Å². The smallest absolute Gasteiger partial charge is 0.208 e. The number of hydrogen-bond acceptors (Lipinski definition) is 4. The highest BCUT2D eigenvalue weighted by atomic mass is 32.2. The van der Waals surface area contributed by atoms with E-state index in [0.717, 1.165) is 19.2 Å². The first-order chi connectivity index (χ1) is 5.31. The molecule has 0 aromatic carbocycles.